The van der Waals surface area contributed by atoms with Crippen LogP contribution in [0.4, 0.5) is 5.69 Å². The van der Waals surface area contributed by atoms with E-state index in [-0.39, 0.29) is 22.3 Å². The van der Waals surface area contributed by atoms with Gasteiger partial charge >= 0.3 is 0 Å². The minimum absolute atomic E-state index is 0.0215. The second-order valence-electron chi connectivity index (χ2n) is 6.13. The summed E-state index contributed by atoms with van der Waals surface area (Å²) in [6.07, 6.45) is 2.16. The van der Waals surface area contributed by atoms with E-state index in [9.17, 15) is 9.90 Å². The van der Waals surface area contributed by atoms with E-state index < -0.39 is 5.56 Å². The molecule has 1 atom stereocenters. The molecule has 1 heterocycles. The van der Waals surface area contributed by atoms with E-state index in [1.54, 1.807) is 4.57 Å². The van der Waals surface area contributed by atoms with Gasteiger partial charge in [-0.2, -0.15) is 0 Å². The van der Waals surface area contributed by atoms with Crippen LogP contribution in [-0.4, -0.2) is 20.9 Å². The fourth-order valence-corrected chi connectivity index (χ4v) is 2.70. The summed E-state index contributed by atoms with van der Waals surface area (Å²) >= 11 is 5.15. The first kappa shape index (κ1) is 18.1. The van der Waals surface area contributed by atoms with Gasteiger partial charge in [-0.05, 0) is 49.2 Å². The van der Waals surface area contributed by atoms with Crippen molar-refractivity contribution in [3.05, 3.63) is 50.5 Å². The minimum atomic E-state index is -0.445. The Morgan fingerprint density at radius 2 is 1.92 bits per heavy atom. The zero-order chi connectivity index (χ0) is 17.9. The molecule has 6 heteroatoms. The first-order valence-corrected chi connectivity index (χ1v) is 8.47. The third kappa shape index (κ3) is 3.82. The Kier molecular flexibility index (Phi) is 5.72. The first-order valence-electron chi connectivity index (χ1n) is 8.07. The fourth-order valence-electron chi connectivity index (χ4n) is 2.34. The van der Waals surface area contributed by atoms with Crippen molar-refractivity contribution in [3.63, 3.8) is 0 Å². The molecule has 24 heavy (non-hydrogen) atoms. The molecular formula is C18H23N3O2S. The number of aromatic amines is 1. The lowest BCUT2D eigenvalue weighted by Gasteiger charge is -2.16. The number of aliphatic imine (C=N–C) groups is 1. The van der Waals surface area contributed by atoms with Gasteiger partial charge in [0, 0.05) is 12.3 Å². The number of hydrogen-bond donors (Lipinski definition) is 2. The number of aromatic nitrogens is 2. The highest BCUT2D eigenvalue weighted by Crippen LogP contribution is 2.22. The van der Waals surface area contributed by atoms with Crippen molar-refractivity contribution in [1.29, 1.82) is 0 Å². The maximum absolute atomic E-state index is 12.1. The average molecular weight is 345 g/mol. The van der Waals surface area contributed by atoms with Gasteiger partial charge in [0.05, 0.1) is 5.69 Å². The molecule has 2 N–H and O–H groups in total. The summed E-state index contributed by atoms with van der Waals surface area (Å²) in [5.74, 6) is 0.296. The summed E-state index contributed by atoms with van der Waals surface area (Å²) < 4.78 is 1.75. The van der Waals surface area contributed by atoms with Gasteiger partial charge in [0.25, 0.3) is 5.56 Å². The highest BCUT2D eigenvalue weighted by molar-refractivity contribution is 7.71. The molecule has 0 aliphatic carbocycles. The van der Waals surface area contributed by atoms with Crippen molar-refractivity contribution in [3.8, 4) is 5.88 Å². The molecule has 2 aromatic rings. The molecule has 1 aromatic carbocycles. The standard InChI is InChI=1S/C18H23N3O2S/c1-5-12(4)21-17(23)15(16(22)20-18(21)24)10-19-14-8-6-13(7-9-14)11(2)3/h6-12,23H,5H2,1-4H3,(H,20,22,24). The molecule has 128 valence electrons. The lowest BCUT2D eigenvalue weighted by molar-refractivity contribution is 0.371. The highest BCUT2D eigenvalue weighted by atomic mass is 32.1. The lowest BCUT2D eigenvalue weighted by Crippen LogP contribution is -2.20. The molecule has 1 unspecified atom stereocenters. The van der Waals surface area contributed by atoms with Crippen molar-refractivity contribution in [1.82, 2.24) is 9.55 Å². The number of nitrogens with zero attached hydrogens (tertiary/aromatic N) is 2. The largest absolute Gasteiger partial charge is 0.494 e. The van der Waals surface area contributed by atoms with Gasteiger partial charge in [0.2, 0.25) is 5.88 Å². The molecule has 0 fully saturated rings. The Hall–Kier alpha value is -2.21. The second kappa shape index (κ2) is 7.57. The third-order valence-electron chi connectivity index (χ3n) is 4.09. The van der Waals surface area contributed by atoms with Gasteiger partial charge < -0.3 is 5.11 Å². The number of aromatic hydroxyl groups is 1. The van der Waals surface area contributed by atoms with Crippen LogP contribution < -0.4 is 5.56 Å². The Morgan fingerprint density at radius 3 is 2.46 bits per heavy atom. The minimum Gasteiger partial charge on any atom is -0.494 e. The molecule has 0 bridgehead atoms. The molecule has 0 radical (unpaired) electrons. The van der Waals surface area contributed by atoms with Gasteiger partial charge in [0.15, 0.2) is 4.77 Å². The van der Waals surface area contributed by atoms with Gasteiger partial charge in [0.1, 0.15) is 5.56 Å². The fraction of sp³-hybridized carbons (Fsp3) is 0.389. The molecule has 1 aromatic heterocycles. The topological polar surface area (TPSA) is 70.4 Å². The molecule has 5 nitrogen and oxygen atoms in total. The van der Waals surface area contributed by atoms with Gasteiger partial charge in [-0.15, -0.1) is 0 Å². The van der Waals surface area contributed by atoms with Gasteiger partial charge in [-0.25, -0.2) is 0 Å². The van der Waals surface area contributed by atoms with Crippen LogP contribution >= 0.6 is 12.2 Å². The normalized spacial score (nSPS) is 12.9. The van der Waals surface area contributed by atoms with E-state index in [4.69, 9.17) is 12.2 Å². The van der Waals surface area contributed by atoms with Crippen LogP contribution in [-0.2, 0) is 0 Å². The number of benzene rings is 1. The monoisotopic (exact) mass is 345 g/mol. The van der Waals surface area contributed by atoms with Gasteiger partial charge in [-0.3, -0.25) is 19.3 Å². The van der Waals surface area contributed by atoms with Crippen LogP contribution in [0.3, 0.4) is 0 Å². The molecule has 0 aliphatic heterocycles. The molecule has 0 amide bonds. The number of hydrogen-bond acceptors (Lipinski definition) is 4. The lowest BCUT2D eigenvalue weighted by atomic mass is 10.0. The van der Waals surface area contributed by atoms with Crippen LogP contribution in [0.25, 0.3) is 0 Å². The summed E-state index contributed by atoms with van der Waals surface area (Å²) in [5, 5.41) is 10.4. The summed E-state index contributed by atoms with van der Waals surface area (Å²) in [6, 6.07) is 7.77. The summed E-state index contributed by atoms with van der Waals surface area (Å²) in [6.45, 7) is 8.17. The number of rotatable bonds is 5. The van der Waals surface area contributed by atoms with Crippen LogP contribution in [0.2, 0.25) is 0 Å². The zero-order valence-corrected chi connectivity index (χ0v) is 15.2. The highest BCUT2D eigenvalue weighted by Gasteiger charge is 2.14. The molecule has 2 rings (SSSR count). The zero-order valence-electron chi connectivity index (χ0n) is 14.4. The summed E-state index contributed by atoms with van der Waals surface area (Å²) in [7, 11) is 0. The van der Waals surface area contributed by atoms with Crippen molar-refractivity contribution in [2.75, 3.05) is 0 Å². The van der Waals surface area contributed by atoms with Crippen LogP contribution in [0.15, 0.2) is 34.1 Å². The van der Waals surface area contributed by atoms with Crippen LogP contribution in [0.5, 0.6) is 5.88 Å². The van der Waals surface area contributed by atoms with E-state index >= 15 is 0 Å². The van der Waals surface area contributed by atoms with E-state index in [1.807, 2.05) is 38.1 Å². The molecule has 0 aliphatic rings. The Balaban J connectivity index is 2.42. The third-order valence-corrected chi connectivity index (χ3v) is 4.39. The maximum Gasteiger partial charge on any atom is 0.264 e. The van der Waals surface area contributed by atoms with E-state index in [2.05, 4.69) is 23.8 Å². The van der Waals surface area contributed by atoms with E-state index in [0.29, 0.717) is 5.92 Å². The number of H-pyrrole nitrogens is 1. The van der Waals surface area contributed by atoms with E-state index in [1.165, 1.54) is 11.8 Å². The average Bonchev–Trinajstić information content (AvgIpc) is 2.54. The smallest absolute Gasteiger partial charge is 0.264 e. The summed E-state index contributed by atoms with van der Waals surface area (Å²) in [4.78, 5) is 19.0. The van der Waals surface area contributed by atoms with Crippen LogP contribution in [0.1, 0.15) is 57.2 Å². The predicted molar refractivity (Wildman–Crippen MR) is 100 cm³/mol. The molecular weight excluding hydrogens is 322 g/mol. The molecule has 0 spiro atoms. The van der Waals surface area contributed by atoms with Crippen molar-refractivity contribution in [2.24, 2.45) is 4.99 Å². The van der Waals surface area contributed by atoms with Crippen molar-refractivity contribution in [2.45, 2.75) is 46.1 Å². The maximum atomic E-state index is 12.1. The Labute approximate surface area is 146 Å². The van der Waals surface area contributed by atoms with E-state index in [0.717, 1.165) is 12.1 Å². The predicted octanol–water partition coefficient (Wildman–Crippen LogP) is 4.46. The SMILES string of the molecule is CCC(C)n1c(O)c(C=Nc2ccc(C(C)C)cc2)c(=O)[nH]c1=S. The Bertz CT molecular complexity index is 848. The van der Waals surface area contributed by atoms with Gasteiger partial charge in [-0.1, -0.05) is 32.9 Å². The van der Waals surface area contributed by atoms with Crippen LogP contribution in [0, 0.1) is 4.77 Å². The Morgan fingerprint density at radius 1 is 1.29 bits per heavy atom. The van der Waals surface area contributed by atoms with Crippen molar-refractivity contribution >= 4 is 24.1 Å². The molecule has 0 saturated heterocycles. The number of nitrogens with one attached hydrogen (secondary N) is 1. The summed E-state index contributed by atoms with van der Waals surface area (Å²) in [5.41, 5.74) is 1.60. The first-order chi connectivity index (χ1) is 11.3. The molecule has 0 saturated carbocycles. The quantitative estimate of drug-likeness (QED) is 0.621. The second-order valence-corrected chi connectivity index (χ2v) is 6.51. The van der Waals surface area contributed by atoms with Crippen molar-refractivity contribution < 1.29 is 5.11 Å².